The lowest BCUT2D eigenvalue weighted by atomic mass is 10.6. The summed E-state index contributed by atoms with van der Waals surface area (Å²) in [7, 11) is 1.64. The fourth-order valence-corrected chi connectivity index (χ4v) is 1.14. The molecule has 11 heavy (non-hydrogen) atoms. The first-order valence-electron chi connectivity index (χ1n) is 3.17. The lowest BCUT2D eigenvalue weighted by molar-refractivity contribution is 0.888. The van der Waals surface area contributed by atoms with Crippen LogP contribution in [0.3, 0.4) is 0 Å². The highest BCUT2D eigenvalue weighted by atomic mass is 32.1. The van der Waals surface area contributed by atoms with Crippen molar-refractivity contribution >= 4 is 17.3 Å². The molecule has 60 valence electrons. The van der Waals surface area contributed by atoms with Gasteiger partial charge >= 0.3 is 0 Å². The largest absolute Gasteiger partial charge is 0.370 e. The second-order valence-electron chi connectivity index (χ2n) is 1.89. The zero-order valence-corrected chi connectivity index (χ0v) is 7.06. The first-order chi connectivity index (χ1) is 5.33. The number of nitrogens with zero attached hydrogens (tertiary/aromatic N) is 2. The number of guanidine groups is 1. The van der Waals surface area contributed by atoms with Gasteiger partial charge in [-0.15, -0.1) is 11.3 Å². The second kappa shape index (κ2) is 3.92. The maximum atomic E-state index is 5.41. The molecule has 0 saturated heterocycles. The van der Waals surface area contributed by atoms with E-state index in [4.69, 9.17) is 5.73 Å². The summed E-state index contributed by atoms with van der Waals surface area (Å²) in [6.45, 7) is 0.654. The van der Waals surface area contributed by atoms with E-state index in [1.54, 1.807) is 24.6 Å². The third-order valence-corrected chi connectivity index (χ3v) is 1.92. The van der Waals surface area contributed by atoms with Gasteiger partial charge in [0, 0.05) is 18.6 Å². The van der Waals surface area contributed by atoms with E-state index in [1.807, 2.05) is 5.38 Å². The zero-order chi connectivity index (χ0) is 8.10. The summed E-state index contributed by atoms with van der Waals surface area (Å²) in [5, 5.41) is 5.85. The van der Waals surface area contributed by atoms with E-state index in [-0.39, 0.29) is 0 Å². The van der Waals surface area contributed by atoms with Gasteiger partial charge in [0.2, 0.25) is 0 Å². The van der Waals surface area contributed by atoms with E-state index in [2.05, 4.69) is 15.3 Å². The van der Waals surface area contributed by atoms with Gasteiger partial charge < -0.3 is 11.1 Å². The quantitative estimate of drug-likeness (QED) is 0.491. The molecule has 0 aliphatic carbocycles. The Morgan fingerprint density at radius 3 is 3.27 bits per heavy atom. The average Bonchev–Trinajstić information content (AvgIpc) is 2.52. The zero-order valence-electron chi connectivity index (χ0n) is 6.24. The Hall–Kier alpha value is -1.10. The third kappa shape index (κ3) is 2.55. The van der Waals surface area contributed by atoms with Gasteiger partial charge in [-0.25, -0.2) is 4.98 Å². The second-order valence-corrected chi connectivity index (χ2v) is 2.87. The number of rotatable bonds is 2. The Balaban J connectivity index is 2.35. The number of hydrogen-bond donors (Lipinski definition) is 2. The molecule has 0 bridgehead atoms. The Labute approximate surface area is 69.2 Å². The molecule has 0 radical (unpaired) electrons. The van der Waals surface area contributed by atoms with E-state index in [0.29, 0.717) is 12.5 Å². The van der Waals surface area contributed by atoms with Crippen LogP contribution in [-0.2, 0) is 6.54 Å². The molecule has 4 nitrogen and oxygen atoms in total. The summed E-state index contributed by atoms with van der Waals surface area (Å²) in [5.41, 5.74) is 5.41. The molecule has 0 aliphatic heterocycles. The summed E-state index contributed by atoms with van der Waals surface area (Å²) in [6, 6.07) is 0. The Bertz CT molecular complexity index is 229. The van der Waals surface area contributed by atoms with Crippen molar-refractivity contribution in [2.24, 2.45) is 10.7 Å². The maximum Gasteiger partial charge on any atom is 0.188 e. The SMILES string of the molecule is CN=C(N)NCc1nccs1. The maximum absolute atomic E-state index is 5.41. The summed E-state index contributed by atoms with van der Waals surface area (Å²) >= 11 is 1.59. The van der Waals surface area contributed by atoms with Crippen molar-refractivity contribution in [1.82, 2.24) is 10.3 Å². The third-order valence-electron chi connectivity index (χ3n) is 1.15. The van der Waals surface area contributed by atoms with Crippen molar-refractivity contribution in [2.75, 3.05) is 7.05 Å². The molecule has 0 saturated carbocycles. The van der Waals surface area contributed by atoms with Crippen LogP contribution in [0.1, 0.15) is 5.01 Å². The predicted octanol–water partition coefficient (Wildman–Crippen LogP) is 0.177. The number of nitrogens with one attached hydrogen (secondary N) is 1. The van der Waals surface area contributed by atoms with Crippen LogP contribution in [0.2, 0.25) is 0 Å². The van der Waals surface area contributed by atoms with Gasteiger partial charge in [0.15, 0.2) is 5.96 Å². The van der Waals surface area contributed by atoms with E-state index < -0.39 is 0 Å². The molecule has 1 heterocycles. The van der Waals surface area contributed by atoms with Crippen LogP contribution in [-0.4, -0.2) is 18.0 Å². The highest BCUT2D eigenvalue weighted by Crippen LogP contribution is 2.01. The predicted molar refractivity (Wildman–Crippen MR) is 46.5 cm³/mol. The number of aromatic nitrogens is 1. The number of aliphatic imine (C=N–C) groups is 1. The molecule has 3 N–H and O–H groups in total. The van der Waals surface area contributed by atoms with Gasteiger partial charge in [-0.05, 0) is 0 Å². The van der Waals surface area contributed by atoms with E-state index in [1.165, 1.54) is 0 Å². The highest BCUT2D eigenvalue weighted by molar-refractivity contribution is 7.09. The van der Waals surface area contributed by atoms with Crippen molar-refractivity contribution < 1.29 is 0 Å². The van der Waals surface area contributed by atoms with E-state index >= 15 is 0 Å². The first kappa shape index (κ1) is 8.00. The Kier molecular flexibility index (Phi) is 2.85. The van der Waals surface area contributed by atoms with Gasteiger partial charge in [0.25, 0.3) is 0 Å². The van der Waals surface area contributed by atoms with Crippen LogP contribution < -0.4 is 11.1 Å². The topological polar surface area (TPSA) is 63.3 Å². The standard InChI is InChI=1S/C6H10N4S/c1-8-6(7)10-4-5-9-2-3-11-5/h2-3H,4H2,1H3,(H3,7,8,10). The van der Waals surface area contributed by atoms with Crippen molar-refractivity contribution in [3.05, 3.63) is 16.6 Å². The average molecular weight is 170 g/mol. The molecule has 0 aromatic carbocycles. The van der Waals surface area contributed by atoms with Crippen molar-refractivity contribution in [2.45, 2.75) is 6.54 Å². The summed E-state index contributed by atoms with van der Waals surface area (Å²) in [6.07, 6.45) is 1.76. The number of thiazole rings is 1. The van der Waals surface area contributed by atoms with Crippen molar-refractivity contribution in [3.63, 3.8) is 0 Å². The van der Waals surface area contributed by atoms with Crippen LogP contribution in [0.4, 0.5) is 0 Å². The molecule has 0 atom stereocenters. The van der Waals surface area contributed by atoms with Gasteiger partial charge in [-0.2, -0.15) is 0 Å². The van der Waals surface area contributed by atoms with Crippen LogP contribution in [0.15, 0.2) is 16.6 Å². The summed E-state index contributed by atoms with van der Waals surface area (Å²) in [5.74, 6) is 0.445. The van der Waals surface area contributed by atoms with Crippen LogP contribution in [0, 0.1) is 0 Å². The van der Waals surface area contributed by atoms with Gasteiger partial charge in [-0.1, -0.05) is 0 Å². The van der Waals surface area contributed by atoms with E-state index in [0.717, 1.165) is 5.01 Å². The molecular weight excluding hydrogens is 160 g/mol. The van der Waals surface area contributed by atoms with Crippen molar-refractivity contribution in [3.8, 4) is 0 Å². The molecule has 1 rings (SSSR count). The molecule has 1 aromatic heterocycles. The van der Waals surface area contributed by atoms with Crippen LogP contribution in [0.5, 0.6) is 0 Å². The minimum Gasteiger partial charge on any atom is -0.370 e. The van der Waals surface area contributed by atoms with E-state index in [9.17, 15) is 0 Å². The molecule has 1 aromatic rings. The fourth-order valence-electron chi connectivity index (χ4n) is 0.586. The summed E-state index contributed by atoms with van der Waals surface area (Å²) < 4.78 is 0. The smallest absolute Gasteiger partial charge is 0.188 e. The minimum absolute atomic E-state index is 0.445. The monoisotopic (exact) mass is 170 g/mol. The molecule has 5 heteroatoms. The minimum atomic E-state index is 0.445. The fraction of sp³-hybridized carbons (Fsp3) is 0.333. The molecule has 0 aliphatic rings. The highest BCUT2D eigenvalue weighted by Gasteiger charge is 1.93. The van der Waals surface area contributed by atoms with Crippen LogP contribution in [0.25, 0.3) is 0 Å². The van der Waals surface area contributed by atoms with Crippen molar-refractivity contribution in [1.29, 1.82) is 0 Å². The molecule has 0 spiro atoms. The normalized spacial score (nSPS) is 11.5. The van der Waals surface area contributed by atoms with Gasteiger partial charge in [0.05, 0.1) is 6.54 Å². The first-order valence-corrected chi connectivity index (χ1v) is 4.05. The Morgan fingerprint density at radius 2 is 2.73 bits per heavy atom. The molecule has 0 fully saturated rings. The Morgan fingerprint density at radius 1 is 1.91 bits per heavy atom. The molecule has 0 amide bonds. The van der Waals surface area contributed by atoms with Gasteiger partial charge in [-0.3, -0.25) is 4.99 Å². The number of hydrogen-bond acceptors (Lipinski definition) is 3. The van der Waals surface area contributed by atoms with Crippen LogP contribution >= 0.6 is 11.3 Å². The molecular formula is C6H10N4S. The lowest BCUT2D eigenvalue weighted by Crippen LogP contribution is -2.30. The lowest BCUT2D eigenvalue weighted by Gasteiger charge is -1.99. The number of nitrogens with two attached hydrogens (primary N) is 1. The summed E-state index contributed by atoms with van der Waals surface area (Å²) in [4.78, 5) is 7.82. The van der Waals surface area contributed by atoms with Gasteiger partial charge in [0.1, 0.15) is 5.01 Å². The molecule has 0 unspecified atom stereocenters.